The van der Waals surface area contributed by atoms with Crippen molar-refractivity contribution in [1.82, 2.24) is 4.90 Å². The van der Waals surface area contributed by atoms with E-state index in [1.54, 1.807) is 6.08 Å². The third-order valence-electron chi connectivity index (χ3n) is 4.99. The summed E-state index contributed by atoms with van der Waals surface area (Å²) in [5, 5.41) is 2.10. The number of carbonyl (C=O) groups excluding carboxylic acids is 2. The molecule has 0 atom stereocenters. The molecule has 0 unspecified atom stereocenters. The van der Waals surface area contributed by atoms with Gasteiger partial charge in [0, 0.05) is 7.05 Å². The second kappa shape index (κ2) is 9.12. The molecule has 1 aliphatic rings. The van der Waals surface area contributed by atoms with Gasteiger partial charge in [0.25, 0.3) is 11.1 Å². The summed E-state index contributed by atoms with van der Waals surface area (Å²) >= 11 is 4.56. The van der Waals surface area contributed by atoms with Crippen molar-refractivity contribution in [3.63, 3.8) is 0 Å². The molecule has 0 spiro atoms. The van der Waals surface area contributed by atoms with Crippen LogP contribution in [-0.2, 0) is 17.8 Å². The minimum Gasteiger partial charge on any atom is -0.487 e. The van der Waals surface area contributed by atoms with Gasteiger partial charge in [0.1, 0.15) is 12.4 Å². The van der Waals surface area contributed by atoms with Crippen LogP contribution in [0.3, 0.4) is 0 Å². The van der Waals surface area contributed by atoms with Crippen molar-refractivity contribution in [3.8, 4) is 5.75 Å². The molecular formula is C25H20BrNO3S. The smallest absolute Gasteiger partial charge is 0.293 e. The minimum atomic E-state index is -0.284. The van der Waals surface area contributed by atoms with Gasteiger partial charge < -0.3 is 4.74 Å². The van der Waals surface area contributed by atoms with Crippen LogP contribution in [0, 0.1) is 0 Å². The van der Waals surface area contributed by atoms with Crippen LogP contribution in [0.4, 0.5) is 4.79 Å². The SMILES string of the molecule is C=CCc1cc(/C=C2\SC(=O)N(C)C2=O)cc(Br)c1OCc1ccc2ccccc2c1. The Balaban J connectivity index is 1.60. The van der Waals surface area contributed by atoms with E-state index in [1.807, 2.05) is 30.3 Å². The third kappa shape index (κ3) is 4.60. The molecule has 0 bridgehead atoms. The van der Waals surface area contributed by atoms with E-state index in [0.29, 0.717) is 17.9 Å². The quantitative estimate of drug-likeness (QED) is 0.287. The molecule has 6 heteroatoms. The van der Waals surface area contributed by atoms with Crippen molar-refractivity contribution in [2.45, 2.75) is 13.0 Å². The molecule has 1 fully saturated rings. The van der Waals surface area contributed by atoms with Crippen molar-refractivity contribution < 1.29 is 14.3 Å². The van der Waals surface area contributed by atoms with Gasteiger partial charge in [-0.2, -0.15) is 0 Å². The average Bonchev–Trinajstić information content (AvgIpc) is 2.99. The van der Waals surface area contributed by atoms with Crippen LogP contribution in [0.2, 0.25) is 0 Å². The molecule has 0 aromatic heterocycles. The van der Waals surface area contributed by atoms with Gasteiger partial charge in [-0.1, -0.05) is 42.5 Å². The number of hydrogen-bond acceptors (Lipinski definition) is 4. The molecule has 156 valence electrons. The van der Waals surface area contributed by atoms with E-state index in [2.05, 4.69) is 52.8 Å². The van der Waals surface area contributed by atoms with Crippen LogP contribution >= 0.6 is 27.7 Å². The fraction of sp³-hybridized carbons (Fsp3) is 0.120. The molecule has 3 aromatic carbocycles. The van der Waals surface area contributed by atoms with Crippen molar-refractivity contribution in [2.24, 2.45) is 0 Å². The maximum absolute atomic E-state index is 12.2. The molecule has 0 aliphatic carbocycles. The van der Waals surface area contributed by atoms with Gasteiger partial charge in [0.2, 0.25) is 0 Å². The second-order valence-electron chi connectivity index (χ2n) is 7.19. The first kappa shape index (κ1) is 21.4. The highest BCUT2D eigenvalue weighted by Crippen LogP contribution is 2.36. The molecule has 0 radical (unpaired) electrons. The summed E-state index contributed by atoms with van der Waals surface area (Å²) < 4.78 is 6.97. The number of halogens is 1. The van der Waals surface area contributed by atoms with Crippen LogP contribution < -0.4 is 4.74 Å². The first-order valence-electron chi connectivity index (χ1n) is 9.71. The highest BCUT2D eigenvalue weighted by atomic mass is 79.9. The predicted molar refractivity (Wildman–Crippen MR) is 130 cm³/mol. The summed E-state index contributed by atoms with van der Waals surface area (Å²) in [6, 6.07) is 18.4. The second-order valence-corrected chi connectivity index (χ2v) is 9.04. The Morgan fingerprint density at radius 3 is 2.58 bits per heavy atom. The van der Waals surface area contributed by atoms with E-state index in [4.69, 9.17) is 4.74 Å². The molecule has 1 aliphatic heterocycles. The molecule has 1 saturated heterocycles. The topological polar surface area (TPSA) is 46.6 Å². The first-order valence-corrected chi connectivity index (χ1v) is 11.3. The lowest BCUT2D eigenvalue weighted by molar-refractivity contribution is -0.121. The van der Waals surface area contributed by atoms with Crippen molar-refractivity contribution >= 4 is 55.7 Å². The van der Waals surface area contributed by atoms with Crippen LogP contribution in [0.1, 0.15) is 16.7 Å². The van der Waals surface area contributed by atoms with Crippen LogP contribution in [0.25, 0.3) is 16.8 Å². The van der Waals surface area contributed by atoms with Gasteiger partial charge in [-0.25, -0.2) is 0 Å². The lowest BCUT2D eigenvalue weighted by atomic mass is 10.1. The molecule has 0 saturated carbocycles. The largest absolute Gasteiger partial charge is 0.487 e. The highest BCUT2D eigenvalue weighted by Gasteiger charge is 2.31. The number of thioether (sulfide) groups is 1. The Kier molecular flexibility index (Phi) is 6.30. The summed E-state index contributed by atoms with van der Waals surface area (Å²) in [5.41, 5.74) is 2.85. The number of rotatable bonds is 6. The molecule has 31 heavy (non-hydrogen) atoms. The van der Waals surface area contributed by atoms with Gasteiger partial charge in [-0.3, -0.25) is 14.5 Å². The maximum Gasteiger partial charge on any atom is 0.293 e. The minimum absolute atomic E-state index is 0.267. The zero-order valence-electron chi connectivity index (χ0n) is 16.9. The normalized spacial score (nSPS) is 15.2. The van der Waals surface area contributed by atoms with Crippen molar-refractivity contribution in [1.29, 1.82) is 0 Å². The Hall–Kier alpha value is -2.83. The van der Waals surface area contributed by atoms with Crippen LogP contribution in [-0.4, -0.2) is 23.1 Å². The van der Waals surface area contributed by atoms with Gasteiger partial charge in [-0.05, 0) is 85.9 Å². The predicted octanol–water partition coefficient (Wildman–Crippen LogP) is 6.58. The van der Waals surface area contributed by atoms with Gasteiger partial charge >= 0.3 is 0 Å². The lowest BCUT2D eigenvalue weighted by Crippen LogP contribution is -2.22. The van der Waals surface area contributed by atoms with E-state index < -0.39 is 0 Å². The Bertz CT molecular complexity index is 1230. The monoisotopic (exact) mass is 493 g/mol. The Morgan fingerprint density at radius 1 is 1.10 bits per heavy atom. The number of hydrogen-bond donors (Lipinski definition) is 0. The number of fused-ring (bicyclic) bond motifs is 1. The summed E-state index contributed by atoms with van der Waals surface area (Å²) in [6.45, 7) is 4.28. The number of likely N-dealkylation sites (N-methyl/N-ethyl adjacent to an activating group) is 1. The standard InChI is InChI=1S/C25H20BrNO3S/c1-3-6-20-12-17(14-22-24(28)27(2)25(29)31-22)13-21(26)23(20)30-15-16-9-10-18-7-4-5-8-19(18)11-16/h3-5,7-14H,1,6,15H2,2H3/b22-14-. The molecule has 0 N–H and O–H groups in total. The van der Waals surface area contributed by atoms with E-state index >= 15 is 0 Å². The van der Waals surface area contributed by atoms with Crippen LogP contribution in [0.5, 0.6) is 5.75 Å². The molecule has 4 rings (SSSR count). The fourth-order valence-electron chi connectivity index (χ4n) is 3.41. The van der Waals surface area contributed by atoms with Gasteiger partial charge in [0.05, 0.1) is 9.38 Å². The third-order valence-corrected chi connectivity index (χ3v) is 6.54. The number of nitrogens with zero attached hydrogens (tertiary/aromatic N) is 1. The van der Waals surface area contributed by atoms with Gasteiger partial charge in [-0.15, -0.1) is 6.58 Å². The molecule has 3 aromatic rings. The van der Waals surface area contributed by atoms with Crippen molar-refractivity contribution in [2.75, 3.05) is 7.05 Å². The molecular weight excluding hydrogens is 474 g/mol. The molecule has 1 heterocycles. The zero-order valence-corrected chi connectivity index (χ0v) is 19.3. The lowest BCUT2D eigenvalue weighted by Gasteiger charge is -2.14. The van der Waals surface area contributed by atoms with Crippen LogP contribution in [0.15, 0.2) is 76.6 Å². The van der Waals surface area contributed by atoms with E-state index in [-0.39, 0.29) is 11.1 Å². The summed E-state index contributed by atoms with van der Waals surface area (Å²) in [5.74, 6) is 0.460. The summed E-state index contributed by atoms with van der Waals surface area (Å²) in [7, 11) is 1.49. The Labute approximate surface area is 193 Å². The average molecular weight is 494 g/mol. The van der Waals surface area contributed by atoms with E-state index in [9.17, 15) is 9.59 Å². The molecule has 4 nitrogen and oxygen atoms in total. The molecule has 2 amide bonds. The summed E-state index contributed by atoms with van der Waals surface area (Å²) in [4.78, 5) is 25.5. The van der Waals surface area contributed by atoms with Gasteiger partial charge in [0.15, 0.2) is 0 Å². The maximum atomic E-state index is 12.2. The highest BCUT2D eigenvalue weighted by molar-refractivity contribution is 9.10. The first-order chi connectivity index (χ1) is 15.0. The number of imide groups is 1. The zero-order chi connectivity index (χ0) is 22.0. The van der Waals surface area contributed by atoms with Crippen molar-refractivity contribution in [3.05, 3.63) is 93.3 Å². The fourth-order valence-corrected chi connectivity index (χ4v) is 4.87. The number of benzene rings is 3. The number of ether oxygens (including phenoxy) is 1. The van der Waals surface area contributed by atoms with E-state index in [1.165, 1.54) is 17.8 Å². The number of amides is 2. The Morgan fingerprint density at radius 2 is 1.87 bits per heavy atom. The van der Waals surface area contributed by atoms with E-state index in [0.717, 1.165) is 43.6 Å². The number of carbonyl (C=O) groups is 2. The number of allylic oxidation sites excluding steroid dienone is 1. The summed E-state index contributed by atoms with van der Waals surface area (Å²) in [6.07, 6.45) is 4.16.